The van der Waals surface area contributed by atoms with Crippen LogP contribution >= 0.6 is 0 Å². The van der Waals surface area contributed by atoms with Crippen LogP contribution in [0, 0.1) is 0 Å². The molecular weight excluding hydrogens is 172 g/mol. The lowest BCUT2D eigenvalue weighted by atomic mass is 10.1. The molecule has 0 fully saturated rings. The molecule has 1 aromatic heterocycles. The fraction of sp³-hybridized carbons (Fsp3) is 0.692. The highest BCUT2D eigenvalue weighted by molar-refractivity contribution is 5.23. The number of rotatable bonds is 3. The normalized spacial score (nSPS) is 16.4. The molecule has 0 aromatic carbocycles. The van der Waals surface area contributed by atoms with Crippen molar-refractivity contribution in [3.05, 3.63) is 23.2 Å². The second-order valence-corrected chi connectivity index (χ2v) is 4.33. The van der Waals surface area contributed by atoms with E-state index < -0.39 is 0 Å². The first-order valence-corrected chi connectivity index (χ1v) is 6.00. The van der Waals surface area contributed by atoms with Gasteiger partial charge in [-0.2, -0.15) is 0 Å². The molecule has 0 N–H and O–H groups in total. The highest BCUT2D eigenvalue weighted by Crippen LogP contribution is 2.24. The molecule has 1 heterocycles. The van der Waals surface area contributed by atoms with Crippen LogP contribution in [0.1, 0.15) is 56.1 Å². The van der Waals surface area contributed by atoms with Crippen LogP contribution in [-0.4, -0.2) is 0 Å². The van der Waals surface area contributed by atoms with E-state index in [2.05, 4.69) is 13.0 Å². The van der Waals surface area contributed by atoms with Crippen molar-refractivity contribution in [2.45, 2.75) is 58.3 Å². The van der Waals surface area contributed by atoms with Gasteiger partial charge in [0.25, 0.3) is 0 Å². The van der Waals surface area contributed by atoms with Crippen LogP contribution in [0.25, 0.3) is 0 Å². The van der Waals surface area contributed by atoms with Crippen LogP contribution in [0.15, 0.2) is 10.5 Å². The van der Waals surface area contributed by atoms with Gasteiger partial charge in [0, 0.05) is 12.8 Å². The first-order valence-electron chi connectivity index (χ1n) is 6.00. The average Bonchev–Trinajstić information content (AvgIpc) is 2.46. The number of fused-ring (bicyclic) bond motifs is 1. The number of hydrogen-bond donors (Lipinski definition) is 0. The van der Waals surface area contributed by atoms with E-state index in [-0.39, 0.29) is 0 Å². The Morgan fingerprint density at radius 2 is 2.07 bits per heavy atom. The third-order valence-electron chi connectivity index (χ3n) is 3.07. The maximum Gasteiger partial charge on any atom is 0.107 e. The molecule has 0 aliphatic heterocycles. The molecule has 2 rings (SSSR count). The van der Waals surface area contributed by atoms with Crippen LogP contribution in [0.5, 0.6) is 0 Å². The van der Waals surface area contributed by atoms with E-state index in [1.165, 1.54) is 62.0 Å². The molecule has 0 saturated heterocycles. The van der Waals surface area contributed by atoms with Crippen molar-refractivity contribution in [2.75, 3.05) is 0 Å². The van der Waals surface area contributed by atoms with Crippen LogP contribution < -0.4 is 0 Å². The van der Waals surface area contributed by atoms with Gasteiger partial charge in [-0.05, 0) is 37.3 Å². The van der Waals surface area contributed by atoms with Gasteiger partial charge in [0.1, 0.15) is 11.5 Å². The molecule has 1 nitrogen and oxygen atoms in total. The summed E-state index contributed by atoms with van der Waals surface area (Å²) in [7, 11) is 0. The molecule has 0 atom stereocenters. The Kier molecular flexibility index (Phi) is 3.28. The minimum atomic E-state index is 1.13. The average molecular weight is 192 g/mol. The molecule has 0 unspecified atom stereocenters. The van der Waals surface area contributed by atoms with Crippen molar-refractivity contribution in [3.63, 3.8) is 0 Å². The predicted molar refractivity (Wildman–Crippen MR) is 58.6 cm³/mol. The Labute approximate surface area is 86.5 Å². The van der Waals surface area contributed by atoms with Gasteiger partial charge >= 0.3 is 0 Å². The Morgan fingerprint density at radius 1 is 1.21 bits per heavy atom. The zero-order valence-electron chi connectivity index (χ0n) is 9.14. The third-order valence-corrected chi connectivity index (χ3v) is 3.07. The van der Waals surface area contributed by atoms with Crippen LogP contribution in [0.2, 0.25) is 0 Å². The highest BCUT2D eigenvalue weighted by Gasteiger charge is 2.13. The summed E-state index contributed by atoms with van der Waals surface area (Å²) in [5.74, 6) is 2.51. The minimum absolute atomic E-state index is 1.13. The first kappa shape index (κ1) is 9.82. The monoisotopic (exact) mass is 192 g/mol. The summed E-state index contributed by atoms with van der Waals surface area (Å²) < 4.78 is 5.89. The molecule has 78 valence electrons. The Hall–Kier alpha value is -0.720. The summed E-state index contributed by atoms with van der Waals surface area (Å²) in [6.45, 7) is 2.23. The zero-order chi connectivity index (χ0) is 9.80. The van der Waals surface area contributed by atoms with Crippen LogP contribution in [-0.2, 0) is 19.3 Å². The summed E-state index contributed by atoms with van der Waals surface area (Å²) in [6, 6.07) is 2.30. The largest absolute Gasteiger partial charge is 0.466 e. The second kappa shape index (κ2) is 4.68. The zero-order valence-corrected chi connectivity index (χ0v) is 9.14. The lowest BCUT2D eigenvalue weighted by Crippen LogP contribution is -1.81. The SMILES string of the molecule is CCCCc1cc2c(o1)CCCCC2. The first-order chi connectivity index (χ1) is 6.90. The smallest absolute Gasteiger partial charge is 0.107 e. The van der Waals surface area contributed by atoms with Crippen molar-refractivity contribution < 1.29 is 4.42 Å². The topological polar surface area (TPSA) is 13.1 Å². The van der Waals surface area contributed by atoms with Crippen LogP contribution in [0.3, 0.4) is 0 Å². The molecule has 14 heavy (non-hydrogen) atoms. The van der Waals surface area contributed by atoms with Gasteiger partial charge in [-0.3, -0.25) is 0 Å². The Morgan fingerprint density at radius 3 is 2.93 bits per heavy atom. The van der Waals surface area contributed by atoms with Gasteiger partial charge in [-0.15, -0.1) is 0 Å². The highest BCUT2D eigenvalue weighted by atomic mass is 16.3. The van der Waals surface area contributed by atoms with E-state index in [0.717, 1.165) is 6.42 Å². The van der Waals surface area contributed by atoms with Crippen molar-refractivity contribution in [2.24, 2.45) is 0 Å². The van der Waals surface area contributed by atoms with Crippen molar-refractivity contribution in [1.82, 2.24) is 0 Å². The minimum Gasteiger partial charge on any atom is -0.466 e. The third kappa shape index (κ3) is 2.20. The van der Waals surface area contributed by atoms with E-state index in [4.69, 9.17) is 4.42 Å². The summed E-state index contributed by atoms with van der Waals surface area (Å²) in [5.41, 5.74) is 1.49. The van der Waals surface area contributed by atoms with Crippen molar-refractivity contribution in [1.29, 1.82) is 0 Å². The molecule has 0 amide bonds. The van der Waals surface area contributed by atoms with E-state index in [0.29, 0.717) is 0 Å². The molecule has 0 radical (unpaired) electrons. The van der Waals surface area contributed by atoms with Gasteiger partial charge in [0.15, 0.2) is 0 Å². The molecular formula is C13H20O. The molecule has 0 spiro atoms. The van der Waals surface area contributed by atoms with Crippen molar-refractivity contribution >= 4 is 0 Å². The van der Waals surface area contributed by atoms with Crippen molar-refractivity contribution in [3.8, 4) is 0 Å². The Bertz CT molecular complexity index is 262. The summed E-state index contributed by atoms with van der Waals surface area (Å²) in [4.78, 5) is 0. The van der Waals surface area contributed by atoms with E-state index in [1.807, 2.05) is 0 Å². The molecule has 1 aliphatic rings. The van der Waals surface area contributed by atoms with Gasteiger partial charge in [0.05, 0.1) is 0 Å². The van der Waals surface area contributed by atoms with E-state index >= 15 is 0 Å². The van der Waals surface area contributed by atoms with Gasteiger partial charge < -0.3 is 4.42 Å². The number of hydrogen-bond acceptors (Lipinski definition) is 1. The number of unbranched alkanes of at least 4 members (excludes halogenated alkanes) is 1. The maximum absolute atomic E-state index is 5.89. The lowest BCUT2D eigenvalue weighted by Gasteiger charge is -1.95. The van der Waals surface area contributed by atoms with E-state index in [1.54, 1.807) is 0 Å². The lowest BCUT2D eigenvalue weighted by molar-refractivity contribution is 0.454. The van der Waals surface area contributed by atoms with E-state index in [9.17, 15) is 0 Å². The fourth-order valence-electron chi connectivity index (χ4n) is 2.20. The number of furan rings is 1. The fourth-order valence-corrected chi connectivity index (χ4v) is 2.20. The Balaban J connectivity index is 2.06. The summed E-state index contributed by atoms with van der Waals surface area (Å²) in [6.07, 6.45) is 10.1. The van der Waals surface area contributed by atoms with Gasteiger partial charge in [-0.1, -0.05) is 19.8 Å². The van der Waals surface area contributed by atoms with Crippen LogP contribution in [0.4, 0.5) is 0 Å². The standard InChI is InChI=1S/C13H20O/c1-2-3-8-12-10-11-7-5-4-6-9-13(11)14-12/h10H,2-9H2,1H3. The maximum atomic E-state index is 5.89. The molecule has 0 bridgehead atoms. The quantitative estimate of drug-likeness (QED) is 0.662. The molecule has 0 saturated carbocycles. The summed E-state index contributed by atoms with van der Waals surface area (Å²) in [5, 5.41) is 0. The number of aryl methyl sites for hydroxylation is 3. The second-order valence-electron chi connectivity index (χ2n) is 4.33. The van der Waals surface area contributed by atoms with Gasteiger partial charge in [-0.25, -0.2) is 0 Å². The van der Waals surface area contributed by atoms with Gasteiger partial charge in [0.2, 0.25) is 0 Å². The molecule has 1 aromatic rings. The predicted octanol–water partition coefficient (Wildman–Crippen LogP) is 3.89. The summed E-state index contributed by atoms with van der Waals surface area (Å²) >= 11 is 0. The molecule has 1 aliphatic carbocycles. The molecule has 1 heteroatoms.